The van der Waals surface area contributed by atoms with E-state index in [1.165, 1.54) is 11.1 Å². The molecule has 0 amide bonds. The van der Waals surface area contributed by atoms with E-state index in [1.807, 2.05) is 18.2 Å². The molecule has 0 spiro atoms. The summed E-state index contributed by atoms with van der Waals surface area (Å²) in [4.78, 5) is 0. The van der Waals surface area contributed by atoms with Crippen LogP contribution >= 0.6 is 0 Å². The zero-order valence-corrected chi connectivity index (χ0v) is 12.9. The molecule has 0 fully saturated rings. The van der Waals surface area contributed by atoms with Crippen LogP contribution in [0.5, 0.6) is 11.5 Å². The van der Waals surface area contributed by atoms with Crippen molar-refractivity contribution in [3.63, 3.8) is 0 Å². The molecule has 3 nitrogen and oxygen atoms in total. The molecule has 21 heavy (non-hydrogen) atoms. The van der Waals surface area contributed by atoms with Crippen LogP contribution in [0, 0.1) is 6.92 Å². The average Bonchev–Trinajstić information content (AvgIpc) is 2.45. The number of phenols is 1. The monoisotopic (exact) mass is 285 g/mol. The highest BCUT2D eigenvalue weighted by Crippen LogP contribution is 2.22. The highest BCUT2D eigenvalue weighted by atomic mass is 16.5. The van der Waals surface area contributed by atoms with Crippen molar-refractivity contribution in [2.45, 2.75) is 40.0 Å². The number of aromatic hydroxyl groups is 1. The summed E-state index contributed by atoms with van der Waals surface area (Å²) in [6.07, 6.45) is 0. The van der Waals surface area contributed by atoms with Gasteiger partial charge in [0.15, 0.2) is 0 Å². The van der Waals surface area contributed by atoms with E-state index in [9.17, 15) is 5.11 Å². The zero-order valence-electron chi connectivity index (χ0n) is 12.9. The molecule has 2 aromatic carbocycles. The van der Waals surface area contributed by atoms with E-state index in [1.54, 1.807) is 12.1 Å². The molecule has 0 aromatic heterocycles. The van der Waals surface area contributed by atoms with E-state index in [-0.39, 0.29) is 5.75 Å². The van der Waals surface area contributed by atoms with Crippen molar-refractivity contribution < 1.29 is 9.84 Å². The molecule has 0 aliphatic carbocycles. The summed E-state index contributed by atoms with van der Waals surface area (Å²) in [7, 11) is 0. The van der Waals surface area contributed by atoms with Crippen LogP contribution in [0.2, 0.25) is 0 Å². The molecule has 0 radical (unpaired) electrons. The van der Waals surface area contributed by atoms with Crippen LogP contribution in [0.3, 0.4) is 0 Å². The van der Waals surface area contributed by atoms with Gasteiger partial charge in [-0.25, -0.2) is 0 Å². The van der Waals surface area contributed by atoms with E-state index in [0.717, 1.165) is 17.9 Å². The van der Waals surface area contributed by atoms with Crippen LogP contribution in [0.25, 0.3) is 0 Å². The van der Waals surface area contributed by atoms with Gasteiger partial charge in [-0.15, -0.1) is 0 Å². The Morgan fingerprint density at radius 2 is 1.81 bits per heavy atom. The van der Waals surface area contributed by atoms with Crippen molar-refractivity contribution in [3.05, 3.63) is 59.2 Å². The number of rotatable bonds is 6. The lowest BCUT2D eigenvalue weighted by molar-refractivity contribution is 0.301. The van der Waals surface area contributed by atoms with Gasteiger partial charge in [-0.05, 0) is 30.7 Å². The summed E-state index contributed by atoms with van der Waals surface area (Å²) in [5.41, 5.74) is 3.44. The minimum atomic E-state index is 0.274. The Morgan fingerprint density at radius 3 is 2.48 bits per heavy atom. The molecule has 0 heterocycles. The number of hydrogen-bond acceptors (Lipinski definition) is 3. The van der Waals surface area contributed by atoms with Crippen LogP contribution in [0.15, 0.2) is 42.5 Å². The molecule has 0 bridgehead atoms. The zero-order chi connectivity index (χ0) is 15.2. The number of phenolic OH excluding ortho intramolecular Hbond substituents is 1. The smallest absolute Gasteiger partial charge is 0.124 e. The van der Waals surface area contributed by atoms with Gasteiger partial charge in [0.1, 0.15) is 18.1 Å². The Morgan fingerprint density at radius 1 is 1.10 bits per heavy atom. The summed E-state index contributed by atoms with van der Waals surface area (Å²) >= 11 is 0. The Balaban J connectivity index is 2.06. The molecule has 0 aliphatic heterocycles. The van der Waals surface area contributed by atoms with Gasteiger partial charge in [0.2, 0.25) is 0 Å². The van der Waals surface area contributed by atoms with Crippen LogP contribution in [-0.4, -0.2) is 11.1 Å². The molecular formula is C18H23NO2. The Bertz CT molecular complexity index is 576. The first-order chi connectivity index (χ1) is 10.0. The fraction of sp³-hybridized carbons (Fsp3) is 0.333. The molecule has 112 valence electrons. The van der Waals surface area contributed by atoms with Crippen LogP contribution in [0.4, 0.5) is 0 Å². The average molecular weight is 285 g/mol. The second kappa shape index (κ2) is 7.14. The van der Waals surface area contributed by atoms with Crippen molar-refractivity contribution in [1.82, 2.24) is 5.32 Å². The summed E-state index contributed by atoms with van der Waals surface area (Å²) in [6, 6.07) is 13.8. The lowest BCUT2D eigenvalue weighted by Crippen LogP contribution is -2.22. The molecule has 2 aromatic rings. The van der Waals surface area contributed by atoms with Gasteiger partial charge in [0, 0.05) is 18.2 Å². The quantitative estimate of drug-likeness (QED) is 0.848. The van der Waals surface area contributed by atoms with Crippen LogP contribution in [0.1, 0.15) is 30.5 Å². The predicted octanol–water partition coefficient (Wildman–Crippen LogP) is 3.78. The van der Waals surface area contributed by atoms with E-state index < -0.39 is 0 Å². The van der Waals surface area contributed by atoms with Gasteiger partial charge in [-0.1, -0.05) is 43.7 Å². The van der Waals surface area contributed by atoms with Gasteiger partial charge in [0.25, 0.3) is 0 Å². The maximum atomic E-state index is 9.29. The van der Waals surface area contributed by atoms with Crippen molar-refractivity contribution in [3.8, 4) is 11.5 Å². The Labute approximate surface area is 126 Å². The molecule has 0 saturated heterocycles. The fourth-order valence-electron chi connectivity index (χ4n) is 2.05. The van der Waals surface area contributed by atoms with Gasteiger partial charge >= 0.3 is 0 Å². The molecule has 2 rings (SSSR count). The van der Waals surface area contributed by atoms with Crippen molar-refractivity contribution >= 4 is 0 Å². The Kier molecular flexibility index (Phi) is 5.23. The maximum Gasteiger partial charge on any atom is 0.124 e. The summed E-state index contributed by atoms with van der Waals surface area (Å²) in [5, 5.41) is 12.7. The third-order valence-electron chi connectivity index (χ3n) is 3.25. The highest BCUT2D eigenvalue weighted by Gasteiger charge is 2.05. The van der Waals surface area contributed by atoms with Crippen LogP contribution < -0.4 is 10.1 Å². The summed E-state index contributed by atoms with van der Waals surface area (Å²) < 4.78 is 5.93. The predicted molar refractivity (Wildman–Crippen MR) is 85.6 cm³/mol. The number of hydrogen-bond donors (Lipinski definition) is 2. The first kappa shape index (κ1) is 15.4. The second-order valence-corrected chi connectivity index (χ2v) is 5.60. The van der Waals surface area contributed by atoms with E-state index in [4.69, 9.17) is 4.74 Å². The SMILES string of the molecule is Cc1ccc(OCc2ccc(O)cc2)c(CNC(C)C)c1. The van der Waals surface area contributed by atoms with Crippen molar-refractivity contribution in [1.29, 1.82) is 0 Å². The van der Waals surface area contributed by atoms with Crippen molar-refractivity contribution in [2.75, 3.05) is 0 Å². The fourth-order valence-corrected chi connectivity index (χ4v) is 2.05. The third kappa shape index (κ3) is 4.80. The molecule has 3 heteroatoms. The largest absolute Gasteiger partial charge is 0.508 e. The number of nitrogens with one attached hydrogen (secondary N) is 1. The number of aryl methyl sites for hydroxylation is 1. The van der Waals surface area contributed by atoms with E-state index in [0.29, 0.717) is 12.6 Å². The normalized spacial score (nSPS) is 10.9. The maximum absolute atomic E-state index is 9.29. The number of benzene rings is 2. The first-order valence-corrected chi connectivity index (χ1v) is 7.28. The Hall–Kier alpha value is -2.00. The van der Waals surface area contributed by atoms with Gasteiger partial charge in [-0.2, -0.15) is 0 Å². The molecule has 2 N–H and O–H groups in total. The van der Waals surface area contributed by atoms with Crippen LogP contribution in [-0.2, 0) is 13.2 Å². The molecule has 0 unspecified atom stereocenters. The molecular weight excluding hydrogens is 262 g/mol. The standard InChI is InChI=1S/C18H23NO2/c1-13(2)19-11-16-10-14(3)4-9-18(16)21-12-15-5-7-17(20)8-6-15/h4-10,13,19-20H,11-12H2,1-3H3. The molecule has 0 atom stereocenters. The van der Waals surface area contributed by atoms with E-state index in [2.05, 4.69) is 38.2 Å². The lowest BCUT2D eigenvalue weighted by Gasteiger charge is -2.14. The summed E-state index contributed by atoms with van der Waals surface area (Å²) in [6.45, 7) is 7.64. The second-order valence-electron chi connectivity index (χ2n) is 5.60. The number of ether oxygens (including phenoxy) is 1. The highest BCUT2D eigenvalue weighted by molar-refractivity contribution is 5.37. The molecule has 0 aliphatic rings. The summed E-state index contributed by atoms with van der Waals surface area (Å²) in [5.74, 6) is 1.18. The van der Waals surface area contributed by atoms with Gasteiger partial charge in [-0.3, -0.25) is 0 Å². The van der Waals surface area contributed by atoms with Gasteiger partial charge < -0.3 is 15.2 Å². The van der Waals surface area contributed by atoms with Gasteiger partial charge in [0.05, 0.1) is 0 Å². The first-order valence-electron chi connectivity index (χ1n) is 7.28. The third-order valence-corrected chi connectivity index (χ3v) is 3.25. The van der Waals surface area contributed by atoms with Crippen molar-refractivity contribution in [2.24, 2.45) is 0 Å². The minimum absolute atomic E-state index is 0.274. The topological polar surface area (TPSA) is 41.5 Å². The van der Waals surface area contributed by atoms with E-state index >= 15 is 0 Å². The minimum Gasteiger partial charge on any atom is -0.508 e. The lowest BCUT2D eigenvalue weighted by atomic mass is 10.1. The molecule has 0 saturated carbocycles.